The van der Waals surface area contributed by atoms with E-state index >= 15 is 0 Å². The van der Waals surface area contributed by atoms with Crippen LogP contribution in [0.2, 0.25) is 0 Å². The fourth-order valence-electron chi connectivity index (χ4n) is 0.954. The fourth-order valence-corrected chi connectivity index (χ4v) is 0.954. The van der Waals surface area contributed by atoms with Crippen LogP contribution in [-0.2, 0) is 4.79 Å². The third kappa shape index (κ3) is 2.45. The predicted molar refractivity (Wildman–Crippen MR) is 51.4 cm³/mol. The number of hydrogen-bond donors (Lipinski definition) is 1. The first kappa shape index (κ1) is 9.99. The average Bonchev–Trinajstić information content (AvgIpc) is 2.17. The fraction of sp³-hybridized carbons (Fsp3) is 0.222. The zero-order chi connectivity index (χ0) is 10.6. The quantitative estimate of drug-likeness (QED) is 0.728. The standard InChI is InChI=1S/C9H9N3O2/c1-10-7-3-4-8(11-5-7)12(2)6-9(13)14/h3-5H,6H2,2H3,(H,13,14). The summed E-state index contributed by atoms with van der Waals surface area (Å²) in [4.78, 5) is 19.0. The van der Waals surface area contributed by atoms with Crippen molar-refractivity contribution in [3.8, 4) is 0 Å². The summed E-state index contributed by atoms with van der Waals surface area (Å²) in [7, 11) is 1.63. The molecule has 0 amide bonds. The molecule has 0 aliphatic rings. The lowest BCUT2D eigenvalue weighted by Gasteiger charge is -2.14. The van der Waals surface area contributed by atoms with Crippen LogP contribution in [0, 0.1) is 6.57 Å². The zero-order valence-corrected chi connectivity index (χ0v) is 7.64. The molecule has 0 bridgehead atoms. The van der Waals surface area contributed by atoms with Gasteiger partial charge in [-0.1, -0.05) is 6.07 Å². The predicted octanol–water partition coefficient (Wildman–Crippen LogP) is 1.15. The third-order valence-corrected chi connectivity index (χ3v) is 1.62. The lowest BCUT2D eigenvalue weighted by molar-refractivity contribution is -0.135. The van der Waals surface area contributed by atoms with E-state index in [4.69, 9.17) is 11.7 Å². The molecule has 0 saturated heterocycles. The van der Waals surface area contributed by atoms with Crippen LogP contribution in [-0.4, -0.2) is 29.7 Å². The van der Waals surface area contributed by atoms with E-state index < -0.39 is 5.97 Å². The molecule has 0 aliphatic carbocycles. The van der Waals surface area contributed by atoms with E-state index in [1.807, 2.05) is 0 Å². The number of aromatic nitrogens is 1. The van der Waals surface area contributed by atoms with Crippen molar-refractivity contribution in [2.45, 2.75) is 0 Å². The summed E-state index contributed by atoms with van der Waals surface area (Å²) >= 11 is 0. The molecular formula is C9H9N3O2. The van der Waals surface area contributed by atoms with E-state index in [1.165, 1.54) is 11.1 Å². The largest absolute Gasteiger partial charge is 0.480 e. The Morgan fingerprint density at radius 1 is 1.71 bits per heavy atom. The first-order valence-electron chi connectivity index (χ1n) is 3.90. The minimum Gasteiger partial charge on any atom is -0.480 e. The first-order chi connectivity index (χ1) is 6.63. The number of aliphatic carboxylic acids is 1. The topological polar surface area (TPSA) is 57.8 Å². The van der Waals surface area contributed by atoms with Crippen molar-refractivity contribution < 1.29 is 9.90 Å². The monoisotopic (exact) mass is 191 g/mol. The van der Waals surface area contributed by atoms with Crippen LogP contribution < -0.4 is 4.90 Å². The van der Waals surface area contributed by atoms with Gasteiger partial charge in [0.25, 0.3) is 0 Å². The Morgan fingerprint density at radius 2 is 2.43 bits per heavy atom. The van der Waals surface area contributed by atoms with E-state index in [-0.39, 0.29) is 6.54 Å². The maximum absolute atomic E-state index is 10.4. The SMILES string of the molecule is [C-]#[N+]c1ccc(N(C)CC(=O)O)nc1. The molecule has 0 spiro atoms. The summed E-state index contributed by atoms with van der Waals surface area (Å²) in [6, 6.07) is 3.23. The molecule has 14 heavy (non-hydrogen) atoms. The third-order valence-electron chi connectivity index (χ3n) is 1.62. The van der Waals surface area contributed by atoms with Crippen molar-refractivity contribution in [1.29, 1.82) is 0 Å². The molecule has 5 heteroatoms. The first-order valence-corrected chi connectivity index (χ1v) is 3.90. The van der Waals surface area contributed by atoms with Crippen LogP contribution in [0.25, 0.3) is 4.85 Å². The van der Waals surface area contributed by atoms with Gasteiger partial charge in [0, 0.05) is 13.2 Å². The van der Waals surface area contributed by atoms with Crippen molar-refractivity contribution in [3.05, 3.63) is 29.7 Å². The number of pyridine rings is 1. The number of nitrogens with zero attached hydrogens (tertiary/aromatic N) is 3. The zero-order valence-electron chi connectivity index (χ0n) is 7.64. The number of carbonyl (C=O) groups is 1. The number of carboxylic acids is 1. The normalized spacial score (nSPS) is 9.14. The van der Waals surface area contributed by atoms with Crippen LogP contribution in [0.1, 0.15) is 0 Å². The van der Waals surface area contributed by atoms with Crippen LogP contribution in [0.3, 0.4) is 0 Å². The lowest BCUT2D eigenvalue weighted by atomic mass is 10.4. The molecule has 0 radical (unpaired) electrons. The highest BCUT2D eigenvalue weighted by molar-refractivity contribution is 5.73. The Morgan fingerprint density at radius 3 is 2.86 bits per heavy atom. The summed E-state index contributed by atoms with van der Waals surface area (Å²) in [5.41, 5.74) is 0.442. The van der Waals surface area contributed by atoms with Crippen LogP contribution in [0.4, 0.5) is 11.5 Å². The van der Waals surface area contributed by atoms with Gasteiger partial charge in [-0.2, -0.15) is 0 Å². The van der Waals surface area contributed by atoms with Gasteiger partial charge in [0.2, 0.25) is 5.69 Å². The van der Waals surface area contributed by atoms with Crippen LogP contribution in [0.15, 0.2) is 18.3 Å². The van der Waals surface area contributed by atoms with Crippen LogP contribution >= 0.6 is 0 Å². The molecule has 1 aromatic rings. The smallest absolute Gasteiger partial charge is 0.323 e. The second kappa shape index (κ2) is 4.23. The molecule has 72 valence electrons. The average molecular weight is 191 g/mol. The molecule has 1 heterocycles. The molecule has 0 aliphatic heterocycles. The molecule has 1 rings (SSSR count). The summed E-state index contributed by atoms with van der Waals surface area (Å²) < 4.78 is 0. The molecule has 0 aromatic carbocycles. The minimum absolute atomic E-state index is 0.107. The van der Waals surface area contributed by atoms with E-state index in [0.717, 1.165) is 0 Å². The van der Waals surface area contributed by atoms with Gasteiger partial charge in [-0.25, -0.2) is 4.85 Å². The van der Waals surface area contributed by atoms with Gasteiger partial charge in [0.05, 0.1) is 6.57 Å². The maximum atomic E-state index is 10.4. The Balaban J connectivity index is 2.77. The van der Waals surface area contributed by atoms with Gasteiger partial charge >= 0.3 is 5.97 Å². The Bertz CT molecular complexity index is 367. The summed E-state index contributed by atoms with van der Waals surface area (Å²) in [6.45, 7) is 6.61. The van der Waals surface area contributed by atoms with E-state index in [2.05, 4.69) is 9.83 Å². The van der Waals surface area contributed by atoms with Gasteiger partial charge in [-0.05, 0) is 6.07 Å². The second-order valence-electron chi connectivity index (χ2n) is 2.74. The Hall–Kier alpha value is -2.09. The van der Waals surface area contributed by atoms with E-state index in [0.29, 0.717) is 11.5 Å². The molecule has 0 unspecified atom stereocenters. The van der Waals surface area contributed by atoms with Gasteiger partial charge in [0.1, 0.15) is 12.4 Å². The number of likely N-dealkylation sites (N-methyl/N-ethyl adjacent to an activating group) is 1. The van der Waals surface area contributed by atoms with Gasteiger partial charge in [-0.3, -0.25) is 9.78 Å². The van der Waals surface area contributed by atoms with Crippen molar-refractivity contribution in [2.24, 2.45) is 0 Å². The lowest BCUT2D eigenvalue weighted by Crippen LogP contribution is -2.25. The van der Waals surface area contributed by atoms with E-state index in [9.17, 15) is 4.79 Å². The summed E-state index contributed by atoms with van der Waals surface area (Å²) in [5, 5.41) is 8.53. The summed E-state index contributed by atoms with van der Waals surface area (Å²) in [5.74, 6) is -0.372. The Kier molecular flexibility index (Phi) is 3.02. The molecule has 1 aromatic heterocycles. The number of carboxylic acid groups (broad SMARTS) is 1. The van der Waals surface area contributed by atoms with Crippen molar-refractivity contribution >= 4 is 17.5 Å². The molecular weight excluding hydrogens is 182 g/mol. The number of rotatable bonds is 3. The maximum Gasteiger partial charge on any atom is 0.323 e. The van der Waals surface area contributed by atoms with Crippen molar-refractivity contribution in [3.63, 3.8) is 0 Å². The molecule has 5 nitrogen and oxygen atoms in total. The number of hydrogen-bond acceptors (Lipinski definition) is 3. The highest BCUT2D eigenvalue weighted by Gasteiger charge is 2.05. The molecule has 0 atom stereocenters. The van der Waals surface area contributed by atoms with Gasteiger partial charge in [0.15, 0.2) is 0 Å². The summed E-state index contributed by atoms with van der Waals surface area (Å²) in [6.07, 6.45) is 1.42. The van der Waals surface area contributed by atoms with Crippen molar-refractivity contribution in [2.75, 3.05) is 18.5 Å². The Labute approximate surface area is 81.4 Å². The highest BCUT2D eigenvalue weighted by atomic mass is 16.4. The number of anilines is 1. The van der Waals surface area contributed by atoms with Gasteiger partial charge in [-0.15, -0.1) is 0 Å². The van der Waals surface area contributed by atoms with Gasteiger partial charge < -0.3 is 10.0 Å². The van der Waals surface area contributed by atoms with E-state index in [1.54, 1.807) is 19.2 Å². The van der Waals surface area contributed by atoms with Crippen LogP contribution in [0.5, 0.6) is 0 Å². The molecule has 0 fully saturated rings. The minimum atomic E-state index is -0.913. The molecule has 1 N–H and O–H groups in total. The highest BCUT2D eigenvalue weighted by Crippen LogP contribution is 2.14. The second-order valence-corrected chi connectivity index (χ2v) is 2.74. The van der Waals surface area contributed by atoms with Crippen molar-refractivity contribution in [1.82, 2.24) is 4.98 Å². The molecule has 0 saturated carbocycles.